The van der Waals surface area contributed by atoms with Gasteiger partial charge in [0.25, 0.3) is 0 Å². The molecule has 1 N–H and O–H groups in total. The number of rotatable bonds is 3. The zero-order valence-corrected chi connectivity index (χ0v) is 8.22. The maximum atomic E-state index is 9.03. The Balaban J connectivity index is 2.40. The van der Waals surface area contributed by atoms with E-state index in [2.05, 4.69) is 4.90 Å². The number of aliphatic hydroxyl groups is 1. The van der Waals surface area contributed by atoms with Crippen molar-refractivity contribution in [2.45, 2.75) is 25.8 Å². The molecule has 0 aromatic heterocycles. The number of hydrogen-bond acceptors (Lipinski definition) is 2. The highest BCUT2D eigenvalue weighted by Gasteiger charge is 2.22. The molecule has 0 aliphatic carbocycles. The molecule has 1 aliphatic rings. The average molecular weight is 190 g/mol. The molecule has 0 amide bonds. The van der Waals surface area contributed by atoms with E-state index in [0.717, 1.165) is 25.1 Å². The summed E-state index contributed by atoms with van der Waals surface area (Å²) in [5.74, 6) is 0. The molecular weight excluding hydrogens is 174 g/mol. The molecule has 0 radical (unpaired) electrons. The lowest BCUT2D eigenvalue weighted by molar-refractivity contribution is 0.167. The molecule has 0 saturated carbocycles. The summed E-state index contributed by atoms with van der Waals surface area (Å²) in [6, 6.07) is 0.358. The molecule has 2 nitrogen and oxygen atoms in total. The molecule has 0 unspecified atom stereocenters. The van der Waals surface area contributed by atoms with E-state index in [4.69, 9.17) is 16.7 Å². The van der Waals surface area contributed by atoms with Gasteiger partial charge in [0.2, 0.25) is 0 Å². The van der Waals surface area contributed by atoms with Gasteiger partial charge >= 0.3 is 0 Å². The number of likely N-dealkylation sites (tertiary alicyclic amines) is 1. The van der Waals surface area contributed by atoms with E-state index in [1.807, 2.05) is 6.92 Å². The zero-order valence-electron chi connectivity index (χ0n) is 7.46. The summed E-state index contributed by atoms with van der Waals surface area (Å²) in [5, 5.41) is 9.03. The second-order valence-corrected chi connectivity index (χ2v) is 3.62. The minimum Gasteiger partial charge on any atom is -0.395 e. The monoisotopic (exact) mass is 189 g/mol. The maximum absolute atomic E-state index is 9.03. The van der Waals surface area contributed by atoms with E-state index in [-0.39, 0.29) is 6.61 Å². The van der Waals surface area contributed by atoms with Crippen LogP contribution in [0.2, 0.25) is 0 Å². The van der Waals surface area contributed by atoms with Gasteiger partial charge in [-0.2, -0.15) is 0 Å². The molecule has 1 aliphatic heterocycles. The number of halogens is 1. The van der Waals surface area contributed by atoms with Crippen molar-refractivity contribution >= 4 is 11.6 Å². The Labute approximate surface area is 78.8 Å². The van der Waals surface area contributed by atoms with Crippen LogP contribution in [0.1, 0.15) is 19.8 Å². The molecule has 1 heterocycles. The quantitative estimate of drug-likeness (QED) is 0.729. The molecule has 0 spiro atoms. The fraction of sp³-hybridized carbons (Fsp3) is 0.778. The van der Waals surface area contributed by atoms with Crippen LogP contribution >= 0.6 is 11.6 Å². The topological polar surface area (TPSA) is 23.5 Å². The van der Waals surface area contributed by atoms with Crippen LogP contribution in [0.5, 0.6) is 0 Å². The van der Waals surface area contributed by atoms with Crippen molar-refractivity contribution in [3.8, 4) is 0 Å². The molecule has 0 aromatic carbocycles. The van der Waals surface area contributed by atoms with Gasteiger partial charge in [-0.05, 0) is 31.9 Å². The van der Waals surface area contributed by atoms with E-state index in [1.54, 1.807) is 5.54 Å². The molecule has 1 atom stereocenters. The van der Waals surface area contributed by atoms with Crippen molar-refractivity contribution in [1.29, 1.82) is 0 Å². The van der Waals surface area contributed by atoms with Crippen molar-refractivity contribution in [2.24, 2.45) is 0 Å². The van der Waals surface area contributed by atoms with Crippen LogP contribution < -0.4 is 0 Å². The third-order valence-electron chi connectivity index (χ3n) is 2.35. The van der Waals surface area contributed by atoms with Gasteiger partial charge in [-0.15, -0.1) is 0 Å². The van der Waals surface area contributed by atoms with Gasteiger partial charge < -0.3 is 5.11 Å². The van der Waals surface area contributed by atoms with Gasteiger partial charge in [-0.25, -0.2) is 0 Å². The summed E-state index contributed by atoms with van der Waals surface area (Å²) in [6.07, 6.45) is 2.31. The largest absolute Gasteiger partial charge is 0.395 e. The summed E-state index contributed by atoms with van der Waals surface area (Å²) < 4.78 is 0. The first-order valence-electron chi connectivity index (χ1n) is 4.38. The van der Waals surface area contributed by atoms with Gasteiger partial charge in [0.05, 0.1) is 6.61 Å². The lowest BCUT2D eigenvalue weighted by Crippen LogP contribution is -2.33. The minimum atomic E-state index is 0.273. The van der Waals surface area contributed by atoms with Gasteiger partial charge in [-0.3, -0.25) is 4.90 Å². The summed E-state index contributed by atoms with van der Waals surface area (Å²) in [6.45, 7) is 4.28. The second-order valence-electron chi connectivity index (χ2n) is 3.40. The summed E-state index contributed by atoms with van der Waals surface area (Å²) >= 11 is 5.57. The van der Waals surface area contributed by atoms with Crippen molar-refractivity contribution in [1.82, 2.24) is 4.90 Å². The highest BCUT2D eigenvalue weighted by Crippen LogP contribution is 2.17. The van der Waals surface area contributed by atoms with Crippen LogP contribution in [-0.2, 0) is 0 Å². The molecule has 1 fully saturated rings. The third-order valence-corrected chi connectivity index (χ3v) is 2.72. The molecular formula is C9H16ClNO. The summed E-state index contributed by atoms with van der Waals surface area (Å²) in [4.78, 5) is 2.29. The number of hydrogen-bond donors (Lipinski definition) is 1. The highest BCUT2D eigenvalue weighted by molar-refractivity contribution is 6.25. The Bertz CT molecular complexity index is 170. The van der Waals surface area contributed by atoms with Crippen LogP contribution in [0.15, 0.2) is 11.1 Å². The Morgan fingerprint density at radius 3 is 3.08 bits per heavy atom. The standard InChI is InChI=1S/C9H16ClNO/c1-8(5-10)6-11-4-2-3-9(11)7-12/h5,9,12H,2-4,6-7H2,1H3/b8-5+/t9-/m1/s1. The molecule has 70 valence electrons. The molecule has 12 heavy (non-hydrogen) atoms. The van der Waals surface area contributed by atoms with E-state index in [0.29, 0.717) is 6.04 Å². The maximum Gasteiger partial charge on any atom is 0.0587 e. The fourth-order valence-electron chi connectivity index (χ4n) is 1.66. The van der Waals surface area contributed by atoms with Crippen LogP contribution in [0, 0.1) is 0 Å². The van der Waals surface area contributed by atoms with Crippen molar-refractivity contribution < 1.29 is 5.11 Å². The third kappa shape index (κ3) is 2.47. The Morgan fingerprint density at radius 2 is 2.50 bits per heavy atom. The fourth-order valence-corrected chi connectivity index (χ4v) is 1.73. The number of nitrogens with zero attached hydrogens (tertiary/aromatic N) is 1. The summed E-state index contributed by atoms with van der Waals surface area (Å²) in [5.41, 5.74) is 2.78. The Morgan fingerprint density at radius 1 is 1.75 bits per heavy atom. The average Bonchev–Trinajstić information content (AvgIpc) is 2.51. The molecule has 0 bridgehead atoms. The molecule has 1 rings (SSSR count). The van der Waals surface area contributed by atoms with Crippen molar-refractivity contribution in [3.05, 3.63) is 11.1 Å². The van der Waals surface area contributed by atoms with Gasteiger partial charge in [0.1, 0.15) is 0 Å². The Kier molecular flexibility index (Phi) is 4.06. The SMILES string of the molecule is C/C(=C\Cl)CN1CCC[C@@H]1CO. The van der Waals surface area contributed by atoms with Gasteiger partial charge in [-0.1, -0.05) is 11.6 Å². The Hall–Kier alpha value is -0.0500. The molecule has 3 heteroatoms. The first-order chi connectivity index (χ1) is 5.77. The van der Waals surface area contributed by atoms with Crippen LogP contribution in [0.4, 0.5) is 0 Å². The zero-order chi connectivity index (χ0) is 8.97. The van der Waals surface area contributed by atoms with E-state index < -0.39 is 0 Å². The predicted molar refractivity (Wildman–Crippen MR) is 51.3 cm³/mol. The highest BCUT2D eigenvalue weighted by atomic mass is 35.5. The van der Waals surface area contributed by atoms with Crippen LogP contribution in [0.3, 0.4) is 0 Å². The normalized spacial score (nSPS) is 26.6. The number of aliphatic hydroxyl groups excluding tert-OH is 1. The van der Waals surface area contributed by atoms with E-state index in [1.165, 1.54) is 6.42 Å². The molecule has 0 aromatic rings. The lowest BCUT2D eigenvalue weighted by Gasteiger charge is -2.22. The van der Waals surface area contributed by atoms with E-state index >= 15 is 0 Å². The van der Waals surface area contributed by atoms with Crippen molar-refractivity contribution in [3.63, 3.8) is 0 Å². The van der Waals surface area contributed by atoms with Crippen molar-refractivity contribution in [2.75, 3.05) is 19.7 Å². The second kappa shape index (κ2) is 4.85. The van der Waals surface area contributed by atoms with Crippen LogP contribution in [0.25, 0.3) is 0 Å². The smallest absolute Gasteiger partial charge is 0.0587 e. The van der Waals surface area contributed by atoms with Gasteiger partial charge in [0, 0.05) is 18.1 Å². The first kappa shape index (κ1) is 10.0. The lowest BCUT2D eigenvalue weighted by atomic mass is 10.2. The predicted octanol–water partition coefficient (Wildman–Crippen LogP) is 1.59. The minimum absolute atomic E-state index is 0.273. The van der Waals surface area contributed by atoms with E-state index in [9.17, 15) is 0 Å². The summed E-state index contributed by atoms with van der Waals surface area (Å²) in [7, 11) is 0. The first-order valence-corrected chi connectivity index (χ1v) is 4.82. The van der Waals surface area contributed by atoms with Gasteiger partial charge in [0.15, 0.2) is 0 Å². The molecule has 1 saturated heterocycles. The van der Waals surface area contributed by atoms with Crippen LogP contribution in [-0.4, -0.2) is 35.7 Å².